The van der Waals surface area contributed by atoms with Gasteiger partial charge in [-0.1, -0.05) is 40.0 Å². The minimum atomic E-state index is -0.223. The van der Waals surface area contributed by atoms with Crippen LogP contribution in [0.3, 0.4) is 0 Å². The number of amides is 1. The Bertz CT molecular complexity index is 169. The average Bonchev–Trinajstić information content (AvgIpc) is 2.15. The highest BCUT2D eigenvalue weighted by Crippen LogP contribution is 2.05. The summed E-state index contributed by atoms with van der Waals surface area (Å²) in [4.78, 5) is 11.1. The maximum Gasteiger partial charge on any atom is 0.234 e. The molecule has 0 aliphatic heterocycles. The van der Waals surface area contributed by atoms with Crippen molar-refractivity contribution >= 4 is 5.91 Å². The summed E-state index contributed by atoms with van der Waals surface area (Å²) < 4.78 is 0. The Labute approximate surface area is 93.8 Å². The van der Waals surface area contributed by atoms with Crippen LogP contribution in [0.15, 0.2) is 0 Å². The number of nitrogens with two attached hydrogens (primary N) is 1. The zero-order chi connectivity index (χ0) is 11.7. The average molecular weight is 214 g/mol. The summed E-state index contributed by atoms with van der Waals surface area (Å²) >= 11 is 0. The molecule has 0 aromatic heterocycles. The first-order valence-electron chi connectivity index (χ1n) is 6.10. The fraction of sp³-hybridized carbons (Fsp3) is 0.917. The van der Waals surface area contributed by atoms with Crippen LogP contribution in [0.5, 0.6) is 0 Å². The summed E-state index contributed by atoms with van der Waals surface area (Å²) in [6.07, 6.45) is 5.72. The highest BCUT2D eigenvalue weighted by Gasteiger charge is 2.15. The van der Waals surface area contributed by atoms with E-state index in [0.29, 0.717) is 5.92 Å². The lowest BCUT2D eigenvalue weighted by atomic mass is 10.0. The minimum Gasteiger partial charge on any atom is -0.368 e. The standard InChI is InChI=1S/C12H26N2O/c1-4-5-6-7-8-14-11(12(13)15)9-10(2)3/h10-11,14H,4-9H2,1-3H3,(H2,13,15). The van der Waals surface area contributed by atoms with E-state index in [1.54, 1.807) is 0 Å². The highest BCUT2D eigenvalue weighted by atomic mass is 16.1. The zero-order valence-electron chi connectivity index (χ0n) is 10.4. The molecule has 0 aromatic rings. The number of rotatable bonds is 9. The molecule has 0 fully saturated rings. The van der Waals surface area contributed by atoms with Crippen LogP contribution in [-0.2, 0) is 4.79 Å². The van der Waals surface area contributed by atoms with Crippen LogP contribution in [0, 0.1) is 5.92 Å². The minimum absolute atomic E-state index is 0.147. The van der Waals surface area contributed by atoms with Gasteiger partial charge in [0.2, 0.25) is 5.91 Å². The van der Waals surface area contributed by atoms with Gasteiger partial charge in [-0.05, 0) is 25.3 Å². The van der Waals surface area contributed by atoms with Gasteiger partial charge >= 0.3 is 0 Å². The van der Waals surface area contributed by atoms with Crippen LogP contribution >= 0.6 is 0 Å². The third-order valence-electron chi connectivity index (χ3n) is 2.47. The van der Waals surface area contributed by atoms with Crippen molar-refractivity contribution in [3.8, 4) is 0 Å². The predicted molar refractivity (Wildman–Crippen MR) is 64.6 cm³/mol. The van der Waals surface area contributed by atoms with Gasteiger partial charge in [0.15, 0.2) is 0 Å². The Kier molecular flexibility index (Phi) is 8.38. The second-order valence-corrected chi connectivity index (χ2v) is 4.60. The van der Waals surface area contributed by atoms with E-state index in [4.69, 9.17) is 5.73 Å². The molecular weight excluding hydrogens is 188 g/mol. The molecule has 3 N–H and O–H groups in total. The summed E-state index contributed by atoms with van der Waals surface area (Å²) in [7, 11) is 0. The molecule has 3 nitrogen and oxygen atoms in total. The van der Waals surface area contributed by atoms with E-state index >= 15 is 0 Å². The summed E-state index contributed by atoms with van der Waals surface area (Å²) in [6, 6.07) is -0.147. The van der Waals surface area contributed by atoms with Crippen LogP contribution in [0.2, 0.25) is 0 Å². The van der Waals surface area contributed by atoms with E-state index < -0.39 is 0 Å². The molecule has 90 valence electrons. The smallest absolute Gasteiger partial charge is 0.234 e. The van der Waals surface area contributed by atoms with Crippen LogP contribution in [0.25, 0.3) is 0 Å². The molecule has 1 amide bonds. The summed E-state index contributed by atoms with van der Waals surface area (Å²) in [5.74, 6) is 0.282. The summed E-state index contributed by atoms with van der Waals surface area (Å²) in [6.45, 7) is 7.31. The molecule has 0 rings (SSSR count). The van der Waals surface area contributed by atoms with Gasteiger partial charge in [0.1, 0.15) is 0 Å². The molecule has 0 bridgehead atoms. The maximum atomic E-state index is 11.1. The fourth-order valence-corrected chi connectivity index (χ4v) is 1.60. The SMILES string of the molecule is CCCCCCNC(CC(C)C)C(N)=O. The molecule has 3 heteroatoms. The first-order chi connectivity index (χ1) is 7.07. The quantitative estimate of drug-likeness (QED) is 0.577. The number of nitrogens with one attached hydrogen (secondary N) is 1. The summed E-state index contributed by atoms with van der Waals surface area (Å²) in [5, 5.41) is 3.23. The second kappa shape index (κ2) is 8.72. The van der Waals surface area contributed by atoms with E-state index in [1.165, 1.54) is 19.3 Å². The lowest BCUT2D eigenvalue weighted by molar-refractivity contribution is -0.120. The molecule has 0 heterocycles. The monoisotopic (exact) mass is 214 g/mol. The number of hydrogen-bond acceptors (Lipinski definition) is 2. The third kappa shape index (κ3) is 8.43. The second-order valence-electron chi connectivity index (χ2n) is 4.60. The third-order valence-corrected chi connectivity index (χ3v) is 2.47. The van der Waals surface area contributed by atoms with Crippen molar-refractivity contribution in [2.75, 3.05) is 6.54 Å². The largest absolute Gasteiger partial charge is 0.368 e. The van der Waals surface area contributed by atoms with Crippen LogP contribution in [0.1, 0.15) is 52.9 Å². The van der Waals surface area contributed by atoms with Crippen LogP contribution in [-0.4, -0.2) is 18.5 Å². The van der Waals surface area contributed by atoms with Crippen molar-refractivity contribution in [3.63, 3.8) is 0 Å². The Hall–Kier alpha value is -0.570. The lowest BCUT2D eigenvalue weighted by Crippen LogP contribution is -2.42. The Morgan fingerprint density at radius 1 is 1.27 bits per heavy atom. The summed E-state index contributed by atoms with van der Waals surface area (Å²) in [5.41, 5.74) is 5.32. The molecule has 0 aliphatic carbocycles. The first-order valence-corrected chi connectivity index (χ1v) is 6.10. The number of carbonyl (C=O) groups excluding carboxylic acids is 1. The van der Waals surface area contributed by atoms with Gasteiger partial charge in [-0.2, -0.15) is 0 Å². The molecule has 0 aromatic carbocycles. The fourth-order valence-electron chi connectivity index (χ4n) is 1.60. The Morgan fingerprint density at radius 2 is 1.93 bits per heavy atom. The van der Waals surface area contributed by atoms with Gasteiger partial charge in [0, 0.05) is 0 Å². The van der Waals surface area contributed by atoms with Crippen molar-refractivity contribution in [1.82, 2.24) is 5.32 Å². The molecule has 0 saturated heterocycles. The van der Waals surface area contributed by atoms with Gasteiger partial charge in [0.25, 0.3) is 0 Å². The zero-order valence-corrected chi connectivity index (χ0v) is 10.4. The molecule has 0 radical (unpaired) electrons. The molecule has 0 spiro atoms. The maximum absolute atomic E-state index is 11.1. The van der Waals surface area contributed by atoms with Gasteiger partial charge in [-0.25, -0.2) is 0 Å². The molecule has 1 atom stereocenters. The van der Waals surface area contributed by atoms with Crippen molar-refractivity contribution in [1.29, 1.82) is 0 Å². The van der Waals surface area contributed by atoms with Crippen molar-refractivity contribution < 1.29 is 4.79 Å². The number of carbonyl (C=O) groups is 1. The normalized spacial score (nSPS) is 13.1. The lowest BCUT2D eigenvalue weighted by Gasteiger charge is -2.17. The van der Waals surface area contributed by atoms with Crippen molar-refractivity contribution in [2.45, 2.75) is 58.9 Å². The highest BCUT2D eigenvalue weighted by molar-refractivity contribution is 5.79. The Balaban J connectivity index is 3.62. The van der Waals surface area contributed by atoms with E-state index in [9.17, 15) is 4.79 Å². The van der Waals surface area contributed by atoms with Gasteiger partial charge in [0.05, 0.1) is 6.04 Å². The molecule has 0 aliphatic rings. The van der Waals surface area contributed by atoms with Crippen molar-refractivity contribution in [2.24, 2.45) is 11.7 Å². The van der Waals surface area contributed by atoms with E-state index in [0.717, 1.165) is 19.4 Å². The number of hydrogen-bond donors (Lipinski definition) is 2. The molecule has 0 saturated carbocycles. The predicted octanol–water partition coefficient (Wildman–Crippen LogP) is 2.06. The first kappa shape index (κ1) is 14.4. The molecule has 1 unspecified atom stereocenters. The number of primary amides is 1. The van der Waals surface area contributed by atoms with Gasteiger partial charge in [-0.15, -0.1) is 0 Å². The van der Waals surface area contributed by atoms with Crippen molar-refractivity contribution in [3.05, 3.63) is 0 Å². The van der Waals surface area contributed by atoms with Crippen LogP contribution < -0.4 is 11.1 Å². The van der Waals surface area contributed by atoms with E-state index in [1.807, 2.05) is 0 Å². The van der Waals surface area contributed by atoms with Gasteiger partial charge in [-0.3, -0.25) is 4.79 Å². The topological polar surface area (TPSA) is 55.1 Å². The van der Waals surface area contributed by atoms with E-state index in [2.05, 4.69) is 26.1 Å². The molecule has 15 heavy (non-hydrogen) atoms. The Morgan fingerprint density at radius 3 is 2.40 bits per heavy atom. The van der Waals surface area contributed by atoms with Gasteiger partial charge < -0.3 is 11.1 Å². The van der Waals surface area contributed by atoms with Crippen LogP contribution in [0.4, 0.5) is 0 Å². The number of unbranched alkanes of at least 4 members (excludes halogenated alkanes) is 3. The van der Waals surface area contributed by atoms with E-state index in [-0.39, 0.29) is 11.9 Å². The molecular formula is C12H26N2O.